The molecule has 4 atom stereocenters. The first kappa shape index (κ1) is 25.6. The average Bonchev–Trinajstić information content (AvgIpc) is 3.61. The van der Waals surface area contributed by atoms with Crippen molar-refractivity contribution in [3.63, 3.8) is 0 Å². The molecule has 41 heavy (non-hydrogen) atoms. The Hall–Kier alpha value is -4.39. The summed E-state index contributed by atoms with van der Waals surface area (Å²) < 4.78 is 11.1. The molecule has 0 aromatic heterocycles. The number of benzene rings is 3. The number of ketones is 2. The van der Waals surface area contributed by atoms with Crippen LogP contribution >= 0.6 is 0 Å². The van der Waals surface area contributed by atoms with Crippen molar-refractivity contribution < 1.29 is 23.9 Å². The van der Waals surface area contributed by atoms with Gasteiger partial charge in [0, 0.05) is 27.9 Å². The first-order valence-electron chi connectivity index (χ1n) is 14.0. The molecule has 3 aromatic rings. The van der Waals surface area contributed by atoms with E-state index in [4.69, 9.17) is 9.47 Å². The Morgan fingerprint density at radius 3 is 2.51 bits per heavy atom. The van der Waals surface area contributed by atoms with Crippen LogP contribution < -0.4 is 19.7 Å². The van der Waals surface area contributed by atoms with Crippen LogP contribution in [0, 0.1) is 18.3 Å². The van der Waals surface area contributed by atoms with Crippen LogP contribution in [0.1, 0.15) is 54.7 Å². The monoisotopic (exact) mass is 548 g/mol. The minimum absolute atomic E-state index is 0.0807. The van der Waals surface area contributed by atoms with Crippen LogP contribution in [0.4, 0.5) is 11.4 Å². The molecule has 0 radical (unpaired) electrons. The molecule has 7 nitrogen and oxygen atoms in total. The Morgan fingerprint density at radius 2 is 1.73 bits per heavy atom. The van der Waals surface area contributed by atoms with E-state index in [-0.39, 0.29) is 24.3 Å². The SMILES string of the molecule is CC1=CC2N(c3ccc(C)cc31)C(C(=O)C(C)(C)C)C(C(=O)c1ccc3c(c1)OCO3)C21C(=O)Nc2ccccc21. The number of ether oxygens (including phenoxy) is 2. The van der Waals surface area contributed by atoms with Crippen molar-refractivity contribution in [3.05, 3.63) is 89.0 Å². The Labute approximate surface area is 239 Å². The normalized spacial score (nSPS) is 25.4. The van der Waals surface area contributed by atoms with Gasteiger partial charge >= 0.3 is 0 Å². The van der Waals surface area contributed by atoms with Gasteiger partial charge in [-0.2, -0.15) is 0 Å². The van der Waals surface area contributed by atoms with Crippen LogP contribution in [0.2, 0.25) is 0 Å². The molecule has 208 valence electrons. The van der Waals surface area contributed by atoms with E-state index < -0.39 is 28.8 Å². The highest BCUT2D eigenvalue weighted by Crippen LogP contribution is 2.59. The van der Waals surface area contributed by atoms with E-state index in [9.17, 15) is 14.4 Å². The largest absolute Gasteiger partial charge is 0.454 e. The van der Waals surface area contributed by atoms with E-state index in [1.807, 2.05) is 71.0 Å². The molecule has 1 fully saturated rings. The zero-order valence-corrected chi connectivity index (χ0v) is 23.8. The maximum atomic E-state index is 14.9. The van der Waals surface area contributed by atoms with Crippen LogP contribution in [0.25, 0.3) is 5.57 Å². The summed E-state index contributed by atoms with van der Waals surface area (Å²) in [6.45, 7) is 9.78. The fraction of sp³-hybridized carbons (Fsp3) is 0.324. The van der Waals surface area contributed by atoms with Crippen LogP contribution in [-0.2, 0) is 15.0 Å². The number of nitrogens with zero attached hydrogens (tertiary/aromatic N) is 1. The molecule has 0 aliphatic carbocycles. The van der Waals surface area contributed by atoms with E-state index in [1.54, 1.807) is 18.2 Å². The number of carbonyl (C=O) groups excluding carboxylic acids is 3. The maximum absolute atomic E-state index is 14.9. The zero-order chi connectivity index (χ0) is 28.8. The summed E-state index contributed by atoms with van der Waals surface area (Å²) in [6.07, 6.45) is 2.08. The number of fused-ring (bicyclic) bond motifs is 7. The predicted molar refractivity (Wildman–Crippen MR) is 156 cm³/mol. The molecule has 7 rings (SSSR count). The van der Waals surface area contributed by atoms with Crippen molar-refractivity contribution in [2.75, 3.05) is 17.0 Å². The van der Waals surface area contributed by atoms with Gasteiger partial charge in [0.05, 0.1) is 12.0 Å². The summed E-state index contributed by atoms with van der Waals surface area (Å²) in [7, 11) is 0. The number of anilines is 2. The highest BCUT2D eigenvalue weighted by atomic mass is 16.7. The number of carbonyl (C=O) groups is 3. The van der Waals surface area contributed by atoms with E-state index in [0.29, 0.717) is 22.7 Å². The first-order valence-corrected chi connectivity index (χ1v) is 14.0. The minimum Gasteiger partial charge on any atom is -0.454 e. The van der Waals surface area contributed by atoms with Crippen LogP contribution in [0.3, 0.4) is 0 Å². The third-order valence-electron chi connectivity index (χ3n) is 9.08. The fourth-order valence-corrected chi connectivity index (χ4v) is 7.22. The molecule has 4 unspecified atom stereocenters. The van der Waals surface area contributed by atoms with Gasteiger partial charge in [0.25, 0.3) is 0 Å². The molecule has 0 bridgehead atoms. The van der Waals surface area contributed by atoms with Crippen LogP contribution in [0.15, 0.2) is 66.7 Å². The second kappa shape index (κ2) is 8.56. The van der Waals surface area contributed by atoms with Crippen molar-refractivity contribution in [2.24, 2.45) is 11.3 Å². The minimum atomic E-state index is -1.33. The van der Waals surface area contributed by atoms with Gasteiger partial charge in [0.1, 0.15) is 11.5 Å². The van der Waals surface area contributed by atoms with Gasteiger partial charge in [0.2, 0.25) is 12.7 Å². The third-order valence-corrected chi connectivity index (χ3v) is 9.08. The Kier molecular flexibility index (Phi) is 5.34. The van der Waals surface area contributed by atoms with Crippen molar-refractivity contribution in [1.29, 1.82) is 0 Å². The third kappa shape index (κ3) is 3.41. The number of hydrogen-bond donors (Lipinski definition) is 1. The standard InChI is InChI=1S/C34H32N2O5/c1-18-10-12-24-21(14-18)19(2)15-27-34(22-8-6-7-9-23(22)35-32(34)39)28(29(36(24)27)31(38)33(3,4)5)30(37)20-11-13-25-26(16-20)41-17-40-25/h6-16,27-29H,17H2,1-5H3,(H,35,39). The van der Waals surface area contributed by atoms with Gasteiger partial charge in [-0.25, -0.2) is 0 Å². The number of rotatable bonds is 3. The van der Waals surface area contributed by atoms with Crippen LogP contribution in [-0.4, -0.2) is 36.4 Å². The molecule has 4 aliphatic heterocycles. The number of amides is 1. The summed E-state index contributed by atoms with van der Waals surface area (Å²) >= 11 is 0. The summed E-state index contributed by atoms with van der Waals surface area (Å²) in [6, 6.07) is 17.4. The molecule has 3 aromatic carbocycles. The Balaban J connectivity index is 1.54. The second-order valence-electron chi connectivity index (χ2n) is 12.6. The quantitative estimate of drug-likeness (QED) is 0.423. The highest BCUT2D eigenvalue weighted by Gasteiger charge is 2.71. The molecule has 1 N–H and O–H groups in total. The molecule has 1 saturated heterocycles. The van der Waals surface area contributed by atoms with E-state index in [0.717, 1.165) is 28.0 Å². The average molecular weight is 549 g/mol. The number of aryl methyl sites for hydroxylation is 1. The highest BCUT2D eigenvalue weighted by molar-refractivity contribution is 6.17. The van der Waals surface area contributed by atoms with E-state index in [1.165, 1.54) is 0 Å². The lowest BCUT2D eigenvalue weighted by atomic mass is 9.63. The van der Waals surface area contributed by atoms with Gasteiger partial charge < -0.3 is 19.7 Å². The van der Waals surface area contributed by atoms with Gasteiger partial charge in [0.15, 0.2) is 23.1 Å². The fourth-order valence-electron chi connectivity index (χ4n) is 7.22. The predicted octanol–water partition coefficient (Wildman–Crippen LogP) is 5.70. The summed E-state index contributed by atoms with van der Waals surface area (Å²) in [5.74, 6) is -0.584. The van der Waals surface area contributed by atoms with Crippen molar-refractivity contribution in [1.82, 2.24) is 0 Å². The molecule has 4 heterocycles. The maximum Gasteiger partial charge on any atom is 0.238 e. The molecular weight excluding hydrogens is 516 g/mol. The smallest absolute Gasteiger partial charge is 0.238 e. The van der Waals surface area contributed by atoms with Crippen molar-refractivity contribution in [3.8, 4) is 11.5 Å². The molecule has 4 aliphatic rings. The molecule has 0 saturated carbocycles. The van der Waals surface area contributed by atoms with Gasteiger partial charge in [-0.15, -0.1) is 0 Å². The van der Waals surface area contributed by atoms with Crippen molar-refractivity contribution in [2.45, 2.75) is 52.1 Å². The summed E-state index contributed by atoms with van der Waals surface area (Å²) in [4.78, 5) is 46.0. The topological polar surface area (TPSA) is 84.9 Å². The Bertz CT molecular complexity index is 1700. The molecular formula is C34H32N2O5. The van der Waals surface area contributed by atoms with Gasteiger partial charge in [-0.3, -0.25) is 14.4 Å². The lowest BCUT2D eigenvalue weighted by Crippen LogP contribution is -2.51. The van der Waals surface area contributed by atoms with E-state index >= 15 is 0 Å². The van der Waals surface area contributed by atoms with E-state index in [2.05, 4.69) is 22.4 Å². The van der Waals surface area contributed by atoms with Crippen molar-refractivity contribution >= 4 is 34.4 Å². The Morgan fingerprint density at radius 1 is 0.976 bits per heavy atom. The first-order chi connectivity index (χ1) is 19.5. The number of allylic oxidation sites excluding steroid dienone is 1. The number of hydrogen-bond acceptors (Lipinski definition) is 6. The molecule has 1 spiro atoms. The van der Waals surface area contributed by atoms with Crippen LogP contribution in [0.5, 0.6) is 11.5 Å². The number of nitrogens with one attached hydrogen (secondary N) is 1. The summed E-state index contributed by atoms with van der Waals surface area (Å²) in [5, 5.41) is 3.08. The lowest BCUT2D eigenvalue weighted by molar-refractivity contribution is -0.128. The van der Waals surface area contributed by atoms with Gasteiger partial charge in [-0.1, -0.05) is 56.7 Å². The van der Waals surface area contributed by atoms with Gasteiger partial charge in [-0.05, 0) is 61.4 Å². The second-order valence-corrected chi connectivity index (χ2v) is 12.6. The number of Topliss-reactive ketones (excluding diaryl/α,β-unsaturated/α-hetero) is 2. The lowest BCUT2D eigenvalue weighted by Gasteiger charge is -2.40. The molecule has 7 heteroatoms. The molecule has 1 amide bonds. The number of para-hydroxylation sites is 1. The zero-order valence-electron chi connectivity index (χ0n) is 23.8. The summed E-state index contributed by atoms with van der Waals surface area (Å²) in [5.41, 5.74) is 3.66.